The number of hydrogen-bond acceptors (Lipinski definition) is 7. The second-order valence-electron chi connectivity index (χ2n) is 10.4. The van der Waals surface area contributed by atoms with Gasteiger partial charge in [-0.05, 0) is 76.5 Å². The van der Waals surface area contributed by atoms with Crippen LogP contribution in [-0.4, -0.2) is 54.2 Å². The molecule has 0 spiro atoms. The average Bonchev–Trinajstić information content (AvgIpc) is 3.31. The number of fused-ring (bicyclic) bond motifs is 2. The second kappa shape index (κ2) is 9.87. The zero-order valence-corrected chi connectivity index (χ0v) is 21.8. The fourth-order valence-corrected chi connectivity index (χ4v) is 5.42. The van der Waals surface area contributed by atoms with Gasteiger partial charge in [-0.25, -0.2) is 18.7 Å². The van der Waals surface area contributed by atoms with Gasteiger partial charge in [0.15, 0.2) is 17.4 Å². The van der Waals surface area contributed by atoms with Crippen molar-refractivity contribution in [3.63, 3.8) is 0 Å². The van der Waals surface area contributed by atoms with Crippen LogP contribution in [0.15, 0.2) is 47.0 Å². The molecule has 0 saturated carbocycles. The number of nitrogens with one attached hydrogen (secondary N) is 1. The highest BCUT2D eigenvalue weighted by atomic mass is 19.1. The first-order valence-electron chi connectivity index (χ1n) is 13.1. The first kappa shape index (κ1) is 24.6. The molecule has 1 N–H and O–H groups in total. The van der Waals surface area contributed by atoms with Crippen LogP contribution < -0.4 is 15.0 Å². The maximum atomic E-state index is 15.0. The standard InChI is InChI=1S/C29H31F2N5O2/c1-17(2)36-10-11-37-28-22(30)12-21(13-24(28)36)27-23(31)16-32-29(34-27)33-26-15-20-5-4-19(14-25(20)38-26)18-6-8-35(3)9-7-18/h4-5,12-18H,6-11H2,1-3H3,(H,32,33,34). The van der Waals surface area contributed by atoms with Crippen molar-refractivity contribution in [1.29, 1.82) is 0 Å². The average molecular weight is 520 g/mol. The zero-order valence-electron chi connectivity index (χ0n) is 21.8. The number of furan rings is 1. The van der Waals surface area contributed by atoms with Crippen molar-refractivity contribution < 1.29 is 17.9 Å². The van der Waals surface area contributed by atoms with E-state index in [1.807, 2.05) is 24.8 Å². The summed E-state index contributed by atoms with van der Waals surface area (Å²) in [7, 11) is 2.16. The van der Waals surface area contributed by atoms with Gasteiger partial charge in [0.05, 0.1) is 18.4 Å². The van der Waals surface area contributed by atoms with Gasteiger partial charge in [0.2, 0.25) is 11.8 Å². The van der Waals surface area contributed by atoms with Gasteiger partial charge in [0.25, 0.3) is 0 Å². The predicted octanol–water partition coefficient (Wildman–Crippen LogP) is 6.33. The Morgan fingerprint density at radius 1 is 1.03 bits per heavy atom. The van der Waals surface area contributed by atoms with Crippen LogP contribution in [0.1, 0.15) is 38.2 Å². The minimum atomic E-state index is -0.643. The van der Waals surface area contributed by atoms with Crippen molar-refractivity contribution in [3.05, 3.63) is 59.8 Å². The third-order valence-corrected chi connectivity index (χ3v) is 7.52. The third-order valence-electron chi connectivity index (χ3n) is 7.52. The van der Waals surface area contributed by atoms with Crippen LogP contribution in [0.5, 0.6) is 5.75 Å². The van der Waals surface area contributed by atoms with E-state index in [4.69, 9.17) is 9.15 Å². The van der Waals surface area contributed by atoms with Gasteiger partial charge in [0.1, 0.15) is 17.9 Å². The summed E-state index contributed by atoms with van der Waals surface area (Å²) < 4.78 is 41.5. The van der Waals surface area contributed by atoms with Crippen molar-refractivity contribution >= 4 is 28.5 Å². The molecule has 2 aliphatic heterocycles. The molecular weight excluding hydrogens is 488 g/mol. The van der Waals surface area contributed by atoms with Crippen molar-refractivity contribution in [1.82, 2.24) is 14.9 Å². The summed E-state index contributed by atoms with van der Waals surface area (Å²) in [5.74, 6) is 0.126. The van der Waals surface area contributed by atoms with Crippen molar-refractivity contribution in [2.75, 3.05) is 43.5 Å². The van der Waals surface area contributed by atoms with E-state index in [0.717, 1.165) is 43.1 Å². The summed E-state index contributed by atoms with van der Waals surface area (Å²) in [6.45, 7) is 7.25. The van der Waals surface area contributed by atoms with Gasteiger partial charge in [0, 0.05) is 23.1 Å². The minimum Gasteiger partial charge on any atom is -0.486 e. The summed E-state index contributed by atoms with van der Waals surface area (Å²) >= 11 is 0. The molecule has 0 aliphatic carbocycles. The molecule has 2 aromatic heterocycles. The molecule has 0 unspecified atom stereocenters. The highest BCUT2D eigenvalue weighted by molar-refractivity contribution is 5.82. The molecule has 6 rings (SSSR count). The molecule has 198 valence electrons. The number of piperidine rings is 1. The van der Waals surface area contributed by atoms with Crippen molar-refractivity contribution in [2.24, 2.45) is 0 Å². The van der Waals surface area contributed by atoms with E-state index < -0.39 is 11.6 Å². The molecule has 1 fully saturated rings. The Bertz CT molecular complexity index is 1480. The number of ether oxygens (including phenoxy) is 1. The number of aromatic nitrogens is 2. The molecule has 9 heteroatoms. The van der Waals surface area contributed by atoms with E-state index >= 15 is 0 Å². The molecule has 7 nitrogen and oxygen atoms in total. The molecule has 0 amide bonds. The molecule has 0 bridgehead atoms. The predicted molar refractivity (Wildman–Crippen MR) is 144 cm³/mol. The van der Waals surface area contributed by atoms with Gasteiger partial charge >= 0.3 is 0 Å². The van der Waals surface area contributed by atoms with Gasteiger partial charge in [-0.2, -0.15) is 0 Å². The van der Waals surface area contributed by atoms with Gasteiger partial charge < -0.3 is 19.0 Å². The number of likely N-dealkylation sites (tertiary alicyclic amines) is 1. The Morgan fingerprint density at radius 3 is 2.63 bits per heavy atom. The quantitative estimate of drug-likeness (QED) is 0.331. The van der Waals surface area contributed by atoms with E-state index in [0.29, 0.717) is 36.2 Å². The van der Waals surface area contributed by atoms with Crippen LogP contribution in [0.25, 0.3) is 22.2 Å². The Morgan fingerprint density at radius 2 is 1.84 bits per heavy atom. The Balaban J connectivity index is 1.28. The molecule has 4 aromatic rings. The molecule has 0 radical (unpaired) electrons. The van der Waals surface area contributed by atoms with Crippen LogP contribution >= 0.6 is 0 Å². The van der Waals surface area contributed by atoms with E-state index in [1.165, 1.54) is 11.6 Å². The SMILES string of the molecule is CC(C)N1CCOc2c(F)cc(-c3nc(Nc4cc5ccc(C6CCN(C)CC6)cc5o4)ncc3F)cc21. The molecule has 0 atom stereocenters. The number of nitrogens with zero attached hydrogens (tertiary/aromatic N) is 4. The smallest absolute Gasteiger partial charge is 0.230 e. The van der Waals surface area contributed by atoms with E-state index in [2.05, 4.69) is 45.4 Å². The van der Waals surface area contributed by atoms with E-state index in [-0.39, 0.29) is 23.4 Å². The van der Waals surface area contributed by atoms with Crippen LogP contribution in [0, 0.1) is 11.6 Å². The molecule has 2 aromatic carbocycles. The fourth-order valence-electron chi connectivity index (χ4n) is 5.42. The lowest BCUT2D eigenvalue weighted by molar-refractivity contribution is 0.255. The lowest BCUT2D eigenvalue weighted by Gasteiger charge is -2.34. The Hall–Kier alpha value is -3.72. The van der Waals surface area contributed by atoms with Gasteiger partial charge in [-0.3, -0.25) is 5.32 Å². The third kappa shape index (κ3) is 4.67. The molecule has 1 saturated heterocycles. The largest absolute Gasteiger partial charge is 0.486 e. The molecule has 4 heterocycles. The summed E-state index contributed by atoms with van der Waals surface area (Å²) in [6.07, 6.45) is 3.34. The van der Waals surface area contributed by atoms with Crippen LogP contribution in [0.4, 0.5) is 26.3 Å². The summed E-state index contributed by atoms with van der Waals surface area (Å²) in [5, 5.41) is 4.00. The topological polar surface area (TPSA) is 66.7 Å². The lowest BCUT2D eigenvalue weighted by Crippen LogP contribution is -2.38. The van der Waals surface area contributed by atoms with Gasteiger partial charge in [-0.15, -0.1) is 0 Å². The molecular formula is C29H31F2N5O2. The molecule has 2 aliphatic rings. The van der Waals surface area contributed by atoms with Gasteiger partial charge in [-0.1, -0.05) is 12.1 Å². The lowest BCUT2D eigenvalue weighted by atomic mass is 9.89. The highest BCUT2D eigenvalue weighted by Crippen LogP contribution is 2.39. The number of benzene rings is 2. The van der Waals surface area contributed by atoms with Crippen LogP contribution in [0.2, 0.25) is 0 Å². The number of halogens is 2. The van der Waals surface area contributed by atoms with E-state index in [1.54, 1.807) is 6.07 Å². The number of rotatable bonds is 5. The minimum absolute atomic E-state index is 0.000793. The van der Waals surface area contributed by atoms with Crippen molar-refractivity contribution in [2.45, 2.75) is 38.6 Å². The number of anilines is 3. The highest BCUT2D eigenvalue weighted by Gasteiger charge is 2.26. The maximum Gasteiger partial charge on any atom is 0.230 e. The Kier molecular flexibility index (Phi) is 6.39. The molecule has 38 heavy (non-hydrogen) atoms. The summed E-state index contributed by atoms with van der Waals surface area (Å²) in [4.78, 5) is 12.9. The summed E-state index contributed by atoms with van der Waals surface area (Å²) in [5.41, 5.74) is 2.95. The van der Waals surface area contributed by atoms with Crippen molar-refractivity contribution in [3.8, 4) is 17.0 Å². The van der Waals surface area contributed by atoms with Crippen LogP contribution in [0.3, 0.4) is 0 Å². The maximum absolute atomic E-state index is 15.0. The summed E-state index contributed by atoms with van der Waals surface area (Å²) in [6, 6.07) is 11.3. The first-order valence-corrected chi connectivity index (χ1v) is 13.1. The van der Waals surface area contributed by atoms with Crippen LogP contribution in [-0.2, 0) is 0 Å². The monoisotopic (exact) mass is 519 g/mol. The second-order valence-corrected chi connectivity index (χ2v) is 10.4. The van der Waals surface area contributed by atoms with E-state index in [9.17, 15) is 8.78 Å². The zero-order chi connectivity index (χ0) is 26.4. The number of hydrogen-bond donors (Lipinski definition) is 1. The fraction of sp³-hybridized carbons (Fsp3) is 0.379. The first-order chi connectivity index (χ1) is 18.4. The normalized spacial score (nSPS) is 16.6. The Labute approximate surface area is 220 Å².